The highest BCUT2D eigenvalue weighted by atomic mass is 79.9. The molecule has 3 aromatic carbocycles. The smallest absolute Gasteiger partial charge is 0.323 e. The molecule has 0 aliphatic heterocycles. The predicted molar refractivity (Wildman–Crippen MR) is 149 cm³/mol. The second-order valence-electron chi connectivity index (χ2n) is 7.99. The first kappa shape index (κ1) is 23.9. The van der Waals surface area contributed by atoms with Gasteiger partial charge in [0.1, 0.15) is 13.7 Å². The number of nitrogens with one attached hydrogen (secondary N) is 3. The molecule has 36 heavy (non-hydrogen) atoms. The zero-order valence-electron chi connectivity index (χ0n) is 18.9. The number of fused-ring (bicyclic) bond motifs is 1. The van der Waals surface area contributed by atoms with Crippen LogP contribution >= 0.6 is 27.5 Å². The van der Waals surface area contributed by atoms with E-state index < -0.39 is 0 Å². The Morgan fingerprint density at radius 1 is 0.972 bits per heavy atom. The molecule has 0 saturated heterocycles. The van der Waals surface area contributed by atoms with Crippen molar-refractivity contribution in [3.8, 4) is 11.3 Å². The molecule has 0 atom stereocenters. The maximum absolute atomic E-state index is 12.4. The van der Waals surface area contributed by atoms with E-state index in [1.807, 2.05) is 54.6 Å². The minimum absolute atomic E-state index is 0.354. The number of halogens is 2. The molecule has 2 aromatic heterocycles. The number of anilines is 3. The first-order chi connectivity index (χ1) is 17.5. The summed E-state index contributed by atoms with van der Waals surface area (Å²) in [5.74, 6) is 0.749. The van der Waals surface area contributed by atoms with Gasteiger partial charge in [-0.2, -0.15) is 9.61 Å². The van der Waals surface area contributed by atoms with Crippen molar-refractivity contribution in [3.05, 3.63) is 100 Å². The lowest BCUT2D eigenvalue weighted by atomic mass is 9.96. The molecule has 5 aromatic rings. The first-order valence-corrected chi connectivity index (χ1v) is 12.2. The van der Waals surface area contributed by atoms with Crippen LogP contribution in [-0.4, -0.2) is 28.5 Å². The van der Waals surface area contributed by atoms with Crippen molar-refractivity contribution in [3.63, 3.8) is 0 Å². The van der Waals surface area contributed by atoms with Gasteiger partial charge < -0.3 is 16.0 Å². The number of hydrogen-bond acceptors (Lipinski definition) is 4. The van der Waals surface area contributed by atoms with E-state index in [2.05, 4.69) is 37.0 Å². The number of rotatable bonds is 6. The summed E-state index contributed by atoms with van der Waals surface area (Å²) in [4.78, 5) is 17.2. The van der Waals surface area contributed by atoms with Gasteiger partial charge in [0, 0.05) is 34.6 Å². The van der Waals surface area contributed by atoms with Crippen molar-refractivity contribution < 1.29 is 4.79 Å². The third-order valence-electron chi connectivity index (χ3n) is 5.38. The molecule has 0 bridgehead atoms. The van der Waals surface area contributed by atoms with Crippen molar-refractivity contribution >= 4 is 69.7 Å². The van der Waals surface area contributed by atoms with Gasteiger partial charge in [-0.15, -0.1) is 0 Å². The van der Waals surface area contributed by atoms with Crippen LogP contribution in [0, 0.1) is 0 Å². The van der Waals surface area contributed by atoms with Gasteiger partial charge in [-0.25, -0.2) is 9.78 Å². The lowest BCUT2D eigenvalue weighted by Crippen LogP contribution is -2.20. The Bertz CT molecular complexity index is 1570. The Balaban J connectivity index is 1.34. The van der Waals surface area contributed by atoms with Gasteiger partial charge in [0.05, 0.1) is 16.4 Å². The summed E-state index contributed by atoms with van der Waals surface area (Å²) in [6.07, 6.45) is 1.70. The largest absolute Gasteiger partial charge is 0.366 e. The summed E-state index contributed by atoms with van der Waals surface area (Å²) in [5, 5.41) is 14.1. The van der Waals surface area contributed by atoms with Gasteiger partial charge in [-0.05, 0) is 51.8 Å². The molecule has 3 N–H and O–H groups in total. The number of benzene rings is 3. The third kappa shape index (κ3) is 5.37. The lowest BCUT2D eigenvalue weighted by molar-refractivity contribution is 0.262. The molecule has 2 amide bonds. The molecule has 176 valence electrons. The number of nitrogens with zero attached hydrogens (tertiary/aromatic N) is 3. The average molecular weight is 558 g/mol. The highest BCUT2D eigenvalue weighted by Crippen LogP contribution is 2.30. The Hall–Kier alpha value is -3.82. The Morgan fingerprint density at radius 2 is 1.72 bits per heavy atom. The van der Waals surface area contributed by atoms with E-state index >= 15 is 0 Å². The third-order valence-corrected chi connectivity index (χ3v) is 6.27. The van der Waals surface area contributed by atoms with E-state index in [1.54, 1.807) is 35.0 Å². The van der Waals surface area contributed by atoms with Crippen molar-refractivity contribution in [1.82, 2.24) is 14.6 Å². The molecule has 0 saturated carbocycles. The number of amides is 2. The van der Waals surface area contributed by atoms with Crippen molar-refractivity contribution in [2.24, 2.45) is 0 Å². The highest BCUT2D eigenvalue weighted by molar-refractivity contribution is 9.10. The number of hydrogen-bond donors (Lipinski definition) is 3. The molecular weight excluding hydrogens is 538 g/mol. The van der Waals surface area contributed by atoms with Crippen molar-refractivity contribution in [2.45, 2.75) is 6.54 Å². The minimum atomic E-state index is -0.354. The highest BCUT2D eigenvalue weighted by Gasteiger charge is 2.13. The van der Waals surface area contributed by atoms with Crippen molar-refractivity contribution in [2.75, 3.05) is 16.0 Å². The van der Waals surface area contributed by atoms with Gasteiger partial charge in [0.15, 0.2) is 5.65 Å². The van der Waals surface area contributed by atoms with Crippen LogP contribution in [0.4, 0.5) is 22.0 Å². The van der Waals surface area contributed by atoms with Crippen LogP contribution in [0.25, 0.3) is 16.9 Å². The predicted octanol–water partition coefficient (Wildman–Crippen LogP) is 5.86. The van der Waals surface area contributed by atoms with Gasteiger partial charge in [0.2, 0.25) is 0 Å². The average Bonchev–Trinajstić information content (AvgIpc) is 3.24. The minimum Gasteiger partial charge on any atom is -0.366 e. The van der Waals surface area contributed by atoms with Crippen LogP contribution in [0.15, 0.2) is 89.5 Å². The van der Waals surface area contributed by atoms with E-state index in [9.17, 15) is 4.79 Å². The molecule has 7 nitrogen and oxygen atoms in total. The molecule has 0 fully saturated rings. The van der Waals surface area contributed by atoms with Crippen LogP contribution in [0.3, 0.4) is 0 Å². The standard InChI is InChI=1S/C26H19BBrClN6O/c27-17-6-4-8-19(12-17)33-26(36)32-18-7-3-5-16(11-18)14-30-24-13-23(20-9-1-2-10-22(20)29)34-25-21(28)15-31-35(24)25/h1-13,15,30H,14H2,(H2,32,33,36). The van der Waals surface area contributed by atoms with Crippen LogP contribution in [0.1, 0.15) is 5.56 Å². The molecule has 0 aliphatic carbocycles. The molecule has 5 rings (SSSR count). The Kier molecular flexibility index (Phi) is 6.93. The second-order valence-corrected chi connectivity index (χ2v) is 9.25. The van der Waals surface area contributed by atoms with Crippen molar-refractivity contribution in [1.29, 1.82) is 0 Å². The van der Waals surface area contributed by atoms with E-state index in [4.69, 9.17) is 24.4 Å². The van der Waals surface area contributed by atoms with E-state index in [0.717, 1.165) is 27.1 Å². The summed E-state index contributed by atoms with van der Waals surface area (Å²) >= 11 is 9.95. The lowest BCUT2D eigenvalue weighted by Gasteiger charge is -2.13. The van der Waals surface area contributed by atoms with Crippen LogP contribution in [-0.2, 0) is 6.54 Å². The van der Waals surface area contributed by atoms with E-state index in [0.29, 0.717) is 34.1 Å². The summed E-state index contributed by atoms with van der Waals surface area (Å²) in [7, 11) is 5.78. The van der Waals surface area contributed by atoms with Crippen LogP contribution in [0.2, 0.25) is 5.02 Å². The monoisotopic (exact) mass is 556 g/mol. The number of carbonyl (C=O) groups is 1. The fourth-order valence-electron chi connectivity index (χ4n) is 3.73. The van der Waals surface area contributed by atoms with Gasteiger partial charge >= 0.3 is 6.03 Å². The maximum atomic E-state index is 12.4. The van der Waals surface area contributed by atoms with Crippen LogP contribution < -0.4 is 21.4 Å². The zero-order chi connectivity index (χ0) is 25.1. The molecule has 2 radical (unpaired) electrons. The fraction of sp³-hybridized carbons (Fsp3) is 0.0385. The number of urea groups is 1. The molecule has 0 aliphatic rings. The summed E-state index contributed by atoms with van der Waals surface area (Å²) in [5.41, 5.74) is 5.05. The normalized spacial score (nSPS) is 10.8. The van der Waals surface area contributed by atoms with Gasteiger partial charge in [-0.3, -0.25) is 0 Å². The first-order valence-electron chi connectivity index (χ1n) is 11.0. The Morgan fingerprint density at radius 3 is 2.50 bits per heavy atom. The van der Waals surface area contributed by atoms with E-state index in [1.165, 1.54) is 0 Å². The van der Waals surface area contributed by atoms with Crippen LogP contribution in [0.5, 0.6) is 0 Å². The SMILES string of the molecule is [B]c1cccc(NC(=O)Nc2cccc(CNc3cc(-c4ccccc4Cl)nc4c(Br)cnn34)c2)c1. The zero-order valence-corrected chi connectivity index (χ0v) is 21.2. The maximum Gasteiger partial charge on any atom is 0.323 e. The fourth-order valence-corrected chi connectivity index (χ4v) is 4.31. The topological polar surface area (TPSA) is 83.4 Å². The number of carbonyl (C=O) groups excluding carboxylic acids is 1. The summed E-state index contributed by atoms with van der Waals surface area (Å²) in [6.45, 7) is 0.491. The van der Waals surface area contributed by atoms with Gasteiger partial charge in [-0.1, -0.05) is 59.5 Å². The number of aromatic nitrogens is 3. The molecule has 0 spiro atoms. The molecule has 2 heterocycles. The molecule has 10 heteroatoms. The molecule has 0 unspecified atom stereocenters. The molecular formula is C26H19BBrClN6O. The van der Waals surface area contributed by atoms with E-state index in [-0.39, 0.29) is 6.03 Å². The summed E-state index contributed by atoms with van der Waals surface area (Å²) < 4.78 is 2.50. The summed E-state index contributed by atoms with van der Waals surface area (Å²) in [6, 6.07) is 23.7. The van der Waals surface area contributed by atoms with Gasteiger partial charge in [0.25, 0.3) is 0 Å². The Labute approximate surface area is 222 Å². The second kappa shape index (κ2) is 10.4. The quantitative estimate of drug-likeness (QED) is 0.228.